The van der Waals surface area contributed by atoms with E-state index in [1.54, 1.807) is 6.92 Å². The maximum atomic E-state index is 11.4. The summed E-state index contributed by atoms with van der Waals surface area (Å²) in [5.41, 5.74) is 0.761. The minimum Gasteiger partial charge on any atom is -0.361 e. The fourth-order valence-electron chi connectivity index (χ4n) is 1.47. The van der Waals surface area contributed by atoms with E-state index in [4.69, 9.17) is 4.52 Å². The number of nitrogens with one attached hydrogen (secondary N) is 1. The molecule has 0 unspecified atom stereocenters. The quantitative estimate of drug-likeness (QED) is 0.784. The lowest BCUT2D eigenvalue weighted by molar-refractivity contribution is 0.392. The van der Waals surface area contributed by atoms with Crippen LogP contribution in [0.25, 0.3) is 0 Å². The van der Waals surface area contributed by atoms with Gasteiger partial charge in [0.15, 0.2) is 0 Å². The van der Waals surface area contributed by atoms with Gasteiger partial charge in [-0.3, -0.25) is 14.3 Å². The Kier molecular flexibility index (Phi) is 2.47. The van der Waals surface area contributed by atoms with Gasteiger partial charge in [0.2, 0.25) is 0 Å². The molecule has 2 aromatic heterocycles. The summed E-state index contributed by atoms with van der Waals surface area (Å²) >= 11 is 0. The van der Waals surface area contributed by atoms with Crippen LogP contribution >= 0.6 is 0 Å². The standard InChI is InChI=1S/C10H11N3O3/c1-6-8(7(2)16-12-6)5-13-4-3-9(14)11-10(13)15/h3-4H,5H2,1-2H3,(H,11,14,15). The number of aromatic nitrogens is 3. The van der Waals surface area contributed by atoms with Crippen LogP contribution in [0.15, 0.2) is 26.4 Å². The lowest BCUT2D eigenvalue weighted by Crippen LogP contribution is -2.29. The molecule has 0 aliphatic carbocycles. The van der Waals surface area contributed by atoms with Crippen molar-refractivity contribution in [3.63, 3.8) is 0 Å². The second kappa shape index (κ2) is 3.80. The van der Waals surface area contributed by atoms with Crippen LogP contribution in [0.3, 0.4) is 0 Å². The first-order chi connectivity index (χ1) is 7.58. The molecule has 0 saturated heterocycles. The Balaban J connectivity index is 2.42. The van der Waals surface area contributed by atoms with Crippen LogP contribution in [0.2, 0.25) is 0 Å². The number of hydrogen-bond acceptors (Lipinski definition) is 4. The summed E-state index contributed by atoms with van der Waals surface area (Å²) in [6, 6.07) is 1.31. The van der Waals surface area contributed by atoms with Gasteiger partial charge in [0.25, 0.3) is 5.56 Å². The Morgan fingerprint density at radius 3 is 2.75 bits per heavy atom. The van der Waals surface area contributed by atoms with Crippen molar-refractivity contribution >= 4 is 0 Å². The number of rotatable bonds is 2. The van der Waals surface area contributed by atoms with E-state index in [-0.39, 0.29) is 0 Å². The summed E-state index contributed by atoms with van der Waals surface area (Å²) in [6.45, 7) is 3.94. The molecule has 0 fully saturated rings. The maximum absolute atomic E-state index is 11.4. The Hall–Kier alpha value is -2.11. The predicted molar refractivity (Wildman–Crippen MR) is 56.4 cm³/mol. The van der Waals surface area contributed by atoms with E-state index in [0.717, 1.165) is 11.3 Å². The first-order valence-electron chi connectivity index (χ1n) is 4.79. The summed E-state index contributed by atoms with van der Waals surface area (Å²) in [5, 5.41) is 3.80. The Morgan fingerprint density at radius 1 is 1.44 bits per heavy atom. The molecule has 6 nitrogen and oxygen atoms in total. The van der Waals surface area contributed by atoms with Crippen LogP contribution < -0.4 is 11.2 Å². The van der Waals surface area contributed by atoms with Crippen molar-refractivity contribution in [1.29, 1.82) is 0 Å². The van der Waals surface area contributed by atoms with Gasteiger partial charge < -0.3 is 4.52 Å². The lowest BCUT2D eigenvalue weighted by Gasteiger charge is -2.03. The average molecular weight is 221 g/mol. The molecule has 2 aromatic rings. The third kappa shape index (κ3) is 1.81. The summed E-state index contributed by atoms with van der Waals surface area (Å²) in [5.74, 6) is 0.676. The van der Waals surface area contributed by atoms with Gasteiger partial charge in [-0.05, 0) is 13.8 Å². The normalized spacial score (nSPS) is 10.6. The predicted octanol–water partition coefficient (Wildman–Crippen LogP) is 0.190. The van der Waals surface area contributed by atoms with Gasteiger partial charge in [-0.2, -0.15) is 0 Å². The van der Waals surface area contributed by atoms with Crippen molar-refractivity contribution in [2.75, 3.05) is 0 Å². The van der Waals surface area contributed by atoms with Crippen LogP contribution in [0.4, 0.5) is 0 Å². The molecule has 0 atom stereocenters. The Morgan fingerprint density at radius 2 is 2.19 bits per heavy atom. The van der Waals surface area contributed by atoms with Crippen LogP contribution in [0.1, 0.15) is 17.0 Å². The fraction of sp³-hybridized carbons (Fsp3) is 0.300. The Bertz CT molecular complexity index is 601. The van der Waals surface area contributed by atoms with Gasteiger partial charge in [0.05, 0.1) is 12.2 Å². The number of aromatic amines is 1. The van der Waals surface area contributed by atoms with Crippen LogP contribution in [-0.4, -0.2) is 14.7 Å². The molecule has 84 valence electrons. The van der Waals surface area contributed by atoms with E-state index >= 15 is 0 Å². The summed E-state index contributed by atoms with van der Waals surface area (Å²) in [7, 11) is 0. The van der Waals surface area contributed by atoms with E-state index in [1.807, 2.05) is 6.92 Å². The summed E-state index contributed by atoms with van der Waals surface area (Å²) in [4.78, 5) is 24.5. The van der Waals surface area contributed by atoms with E-state index in [0.29, 0.717) is 12.3 Å². The Labute approximate surface area is 90.5 Å². The van der Waals surface area contributed by atoms with Gasteiger partial charge >= 0.3 is 5.69 Å². The molecular formula is C10H11N3O3. The minimum absolute atomic E-state index is 0.344. The molecule has 0 amide bonds. The smallest absolute Gasteiger partial charge is 0.328 e. The maximum Gasteiger partial charge on any atom is 0.328 e. The van der Waals surface area contributed by atoms with Crippen molar-refractivity contribution in [1.82, 2.24) is 14.7 Å². The highest BCUT2D eigenvalue weighted by atomic mass is 16.5. The fourth-order valence-corrected chi connectivity index (χ4v) is 1.47. The number of hydrogen-bond donors (Lipinski definition) is 1. The molecule has 16 heavy (non-hydrogen) atoms. The molecular weight excluding hydrogens is 210 g/mol. The summed E-state index contributed by atoms with van der Waals surface area (Å²) in [6.07, 6.45) is 1.45. The topological polar surface area (TPSA) is 80.9 Å². The average Bonchev–Trinajstić information content (AvgIpc) is 2.53. The number of aryl methyl sites for hydroxylation is 2. The van der Waals surface area contributed by atoms with Crippen molar-refractivity contribution in [2.45, 2.75) is 20.4 Å². The van der Waals surface area contributed by atoms with Gasteiger partial charge in [-0.25, -0.2) is 4.79 Å². The first-order valence-corrected chi connectivity index (χ1v) is 4.79. The minimum atomic E-state index is -0.437. The first kappa shape index (κ1) is 10.4. The molecule has 2 rings (SSSR count). The molecule has 0 radical (unpaired) electrons. The molecule has 0 saturated carbocycles. The van der Waals surface area contributed by atoms with Crippen LogP contribution in [0.5, 0.6) is 0 Å². The van der Waals surface area contributed by atoms with Crippen LogP contribution in [0, 0.1) is 13.8 Å². The molecule has 0 aliphatic heterocycles. The molecule has 2 heterocycles. The highest BCUT2D eigenvalue weighted by Crippen LogP contribution is 2.12. The second-order valence-corrected chi connectivity index (χ2v) is 3.54. The molecule has 0 aliphatic rings. The highest BCUT2D eigenvalue weighted by molar-refractivity contribution is 5.20. The molecule has 6 heteroatoms. The van der Waals surface area contributed by atoms with Crippen molar-refractivity contribution in [2.24, 2.45) is 0 Å². The number of nitrogens with zero attached hydrogens (tertiary/aromatic N) is 2. The highest BCUT2D eigenvalue weighted by Gasteiger charge is 2.09. The molecule has 1 N–H and O–H groups in total. The van der Waals surface area contributed by atoms with Crippen molar-refractivity contribution in [3.8, 4) is 0 Å². The zero-order valence-corrected chi connectivity index (χ0v) is 8.98. The third-order valence-electron chi connectivity index (χ3n) is 2.41. The largest absolute Gasteiger partial charge is 0.361 e. The second-order valence-electron chi connectivity index (χ2n) is 3.54. The van der Waals surface area contributed by atoms with Gasteiger partial charge in [0.1, 0.15) is 5.76 Å². The summed E-state index contributed by atoms with van der Waals surface area (Å²) < 4.78 is 6.39. The SMILES string of the molecule is Cc1noc(C)c1Cn1ccc(=O)[nH]c1=O. The zero-order chi connectivity index (χ0) is 11.7. The van der Waals surface area contributed by atoms with E-state index in [2.05, 4.69) is 10.1 Å². The van der Waals surface area contributed by atoms with E-state index in [9.17, 15) is 9.59 Å². The number of H-pyrrole nitrogens is 1. The molecule has 0 aromatic carbocycles. The van der Waals surface area contributed by atoms with E-state index in [1.165, 1.54) is 16.8 Å². The van der Waals surface area contributed by atoms with Crippen molar-refractivity contribution in [3.05, 3.63) is 50.1 Å². The van der Waals surface area contributed by atoms with Gasteiger partial charge in [0, 0.05) is 17.8 Å². The van der Waals surface area contributed by atoms with E-state index < -0.39 is 11.2 Å². The molecule has 0 bridgehead atoms. The van der Waals surface area contributed by atoms with Gasteiger partial charge in [-0.1, -0.05) is 5.16 Å². The molecule has 0 spiro atoms. The monoisotopic (exact) mass is 221 g/mol. The lowest BCUT2D eigenvalue weighted by atomic mass is 10.2. The van der Waals surface area contributed by atoms with Crippen molar-refractivity contribution < 1.29 is 4.52 Å². The zero-order valence-electron chi connectivity index (χ0n) is 8.98. The van der Waals surface area contributed by atoms with Gasteiger partial charge in [-0.15, -0.1) is 0 Å². The van der Waals surface area contributed by atoms with Crippen LogP contribution in [-0.2, 0) is 6.54 Å². The third-order valence-corrected chi connectivity index (χ3v) is 2.41.